The fourth-order valence-electron chi connectivity index (χ4n) is 4.05. The summed E-state index contributed by atoms with van der Waals surface area (Å²) in [4.78, 5) is 44.3. The van der Waals surface area contributed by atoms with Crippen LogP contribution >= 0.6 is 0 Å². The van der Waals surface area contributed by atoms with Gasteiger partial charge in [0.1, 0.15) is 5.56 Å². The summed E-state index contributed by atoms with van der Waals surface area (Å²) in [6.45, 7) is 5.57. The normalized spacial score (nSPS) is 13.8. The number of aromatic hydroxyl groups is 1. The zero-order valence-corrected chi connectivity index (χ0v) is 18.0. The van der Waals surface area contributed by atoms with Gasteiger partial charge in [-0.3, -0.25) is 9.78 Å². The van der Waals surface area contributed by atoms with Crippen LogP contribution < -0.4 is 11.2 Å². The summed E-state index contributed by atoms with van der Waals surface area (Å²) >= 11 is 0. The minimum atomic E-state index is -0.785. The molecule has 1 aromatic heterocycles. The molecule has 162 valence electrons. The first-order valence-electron chi connectivity index (χ1n) is 9.88. The average Bonchev–Trinajstić information content (AvgIpc) is 3.10. The topological polar surface area (TPSA) is 114 Å². The molecule has 0 fully saturated rings. The van der Waals surface area contributed by atoms with Crippen molar-refractivity contribution in [3.8, 4) is 11.6 Å². The summed E-state index contributed by atoms with van der Waals surface area (Å²) in [7, 11) is 1.23. The van der Waals surface area contributed by atoms with E-state index in [1.165, 1.54) is 13.2 Å². The number of hydrogen-bond acceptors (Lipinski definition) is 6. The van der Waals surface area contributed by atoms with E-state index in [0.717, 1.165) is 21.3 Å². The van der Waals surface area contributed by atoms with Crippen LogP contribution in [-0.4, -0.2) is 33.4 Å². The maximum Gasteiger partial charge on any atom is 0.357 e. The fraction of sp³-hybridized carbons (Fsp3) is 0.167. The van der Waals surface area contributed by atoms with Crippen LogP contribution in [0.5, 0.6) is 5.88 Å². The summed E-state index contributed by atoms with van der Waals surface area (Å²) in [5, 5.41) is 11.1. The molecule has 0 spiro atoms. The molecule has 32 heavy (non-hydrogen) atoms. The average molecular weight is 431 g/mol. The second-order valence-electron chi connectivity index (χ2n) is 7.61. The second-order valence-corrected chi connectivity index (χ2v) is 7.61. The van der Waals surface area contributed by atoms with E-state index >= 15 is 0 Å². The Morgan fingerprint density at radius 1 is 1.12 bits per heavy atom. The molecule has 1 aliphatic rings. The zero-order valence-electron chi connectivity index (χ0n) is 18.0. The molecule has 1 aliphatic heterocycles. The van der Waals surface area contributed by atoms with Gasteiger partial charge in [-0.25, -0.2) is 19.1 Å². The fourth-order valence-corrected chi connectivity index (χ4v) is 4.05. The number of aromatic nitrogens is 2. The Morgan fingerprint density at radius 3 is 2.44 bits per heavy atom. The number of aryl methyl sites for hydroxylation is 3. The molecule has 0 atom stereocenters. The van der Waals surface area contributed by atoms with Crippen LogP contribution in [0, 0.1) is 20.8 Å². The van der Waals surface area contributed by atoms with Gasteiger partial charge in [0.05, 0.1) is 18.5 Å². The number of fused-ring (bicyclic) bond motifs is 1. The number of carbonyl (C=O) groups is 1. The number of nitrogens with one attached hydrogen (secondary N) is 1. The summed E-state index contributed by atoms with van der Waals surface area (Å²) in [6.07, 6.45) is 1.35. The summed E-state index contributed by atoms with van der Waals surface area (Å²) in [6, 6.07) is 10.8. The summed E-state index contributed by atoms with van der Waals surface area (Å²) in [5.41, 5.74) is 2.73. The van der Waals surface area contributed by atoms with Crippen molar-refractivity contribution in [3.63, 3.8) is 0 Å². The van der Waals surface area contributed by atoms with Gasteiger partial charge >= 0.3 is 11.7 Å². The predicted octanol–water partition coefficient (Wildman–Crippen LogP) is 2.96. The van der Waals surface area contributed by atoms with Crippen LogP contribution in [0.25, 0.3) is 17.3 Å². The molecule has 0 saturated heterocycles. The summed E-state index contributed by atoms with van der Waals surface area (Å²) in [5.74, 6) is -1.21. The minimum Gasteiger partial charge on any atom is -0.494 e. The van der Waals surface area contributed by atoms with Crippen LogP contribution in [0.3, 0.4) is 0 Å². The molecule has 3 aromatic rings. The van der Waals surface area contributed by atoms with Gasteiger partial charge in [-0.1, -0.05) is 35.9 Å². The van der Waals surface area contributed by atoms with Crippen LogP contribution in [-0.2, 0) is 9.53 Å². The van der Waals surface area contributed by atoms with E-state index in [1.54, 1.807) is 24.3 Å². The van der Waals surface area contributed by atoms with E-state index in [2.05, 4.69) is 9.98 Å². The third kappa shape index (κ3) is 3.35. The molecule has 0 unspecified atom stereocenters. The van der Waals surface area contributed by atoms with Crippen LogP contribution in [0.1, 0.15) is 27.8 Å². The van der Waals surface area contributed by atoms with Crippen LogP contribution in [0.15, 0.2) is 51.0 Å². The lowest BCUT2D eigenvalue weighted by atomic mass is 10.0. The molecule has 8 heteroatoms. The van der Waals surface area contributed by atoms with Crippen molar-refractivity contribution in [1.29, 1.82) is 0 Å². The molecule has 2 aromatic carbocycles. The third-order valence-corrected chi connectivity index (χ3v) is 5.33. The number of esters is 1. The van der Waals surface area contributed by atoms with E-state index in [4.69, 9.17) is 4.74 Å². The highest BCUT2D eigenvalue weighted by atomic mass is 16.5. The zero-order chi connectivity index (χ0) is 23.2. The monoisotopic (exact) mass is 431 g/mol. The number of aromatic amines is 1. The number of benzene rings is 2. The molecule has 2 N–H and O–H groups in total. The maximum atomic E-state index is 12.7. The van der Waals surface area contributed by atoms with Gasteiger partial charge in [0.25, 0.3) is 5.56 Å². The van der Waals surface area contributed by atoms with Crippen LogP contribution in [0.2, 0.25) is 0 Å². The molecule has 8 nitrogen and oxygen atoms in total. The van der Waals surface area contributed by atoms with Gasteiger partial charge in [0.2, 0.25) is 5.88 Å². The Morgan fingerprint density at radius 2 is 1.78 bits per heavy atom. The van der Waals surface area contributed by atoms with Crippen molar-refractivity contribution in [3.05, 3.63) is 85.1 Å². The van der Waals surface area contributed by atoms with Crippen molar-refractivity contribution in [2.75, 3.05) is 7.11 Å². The maximum absolute atomic E-state index is 12.7. The lowest BCUT2D eigenvalue weighted by Gasteiger charge is -2.16. The first kappa shape index (κ1) is 21.0. The Hall–Kier alpha value is -4.20. The Kier molecular flexibility index (Phi) is 5.14. The van der Waals surface area contributed by atoms with E-state index in [1.807, 2.05) is 32.9 Å². The second kappa shape index (κ2) is 7.81. The molecule has 0 amide bonds. The smallest absolute Gasteiger partial charge is 0.357 e. The van der Waals surface area contributed by atoms with Gasteiger partial charge in [0, 0.05) is 11.1 Å². The van der Waals surface area contributed by atoms with Crippen molar-refractivity contribution >= 4 is 29.0 Å². The van der Waals surface area contributed by atoms with Crippen LogP contribution in [0.4, 0.5) is 5.69 Å². The van der Waals surface area contributed by atoms with E-state index < -0.39 is 23.1 Å². The summed E-state index contributed by atoms with van der Waals surface area (Å²) < 4.78 is 5.90. The molecule has 0 aliphatic carbocycles. The Balaban J connectivity index is 2.01. The number of hydrogen-bond donors (Lipinski definition) is 2. The first-order chi connectivity index (χ1) is 15.2. The van der Waals surface area contributed by atoms with E-state index in [-0.39, 0.29) is 11.3 Å². The van der Waals surface area contributed by atoms with Crippen molar-refractivity contribution in [2.45, 2.75) is 20.8 Å². The predicted molar refractivity (Wildman–Crippen MR) is 122 cm³/mol. The molecule has 4 rings (SSSR count). The first-order valence-corrected chi connectivity index (χ1v) is 9.88. The number of rotatable bonds is 3. The van der Waals surface area contributed by atoms with Crippen molar-refractivity contribution in [1.82, 2.24) is 9.55 Å². The number of para-hydroxylation sites is 1. The van der Waals surface area contributed by atoms with Gasteiger partial charge < -0.3 is 9.84 Å². The third-order valence-electron chi connectivity index (χ3n) is 5.33. The van der Waals surface area contributed by atoms with Gasteiger partial charge in [-0.05, 0) is 44.0 Å². The van der Waals surface area contributed by atoms with Gasteiger partial charge in [-0.15, -0.1) is 0 Å². The van der Waals surface area contributed by atoms with Gasteiger partial charge in [-0.2, -0.15) is 0 Å². The molecular weight excluding hydrogens is 410 g/mol. The number of methoxy groups -OCH3 is 1. The lowest BCUT2D eigenvalue weighted by molar-refractivity contribution is -0.132. The van der Waals surface area contributed by atoms with Crippen molar-refractivity contribution < 1.29 is 14.6 Å². The number of carbonyl (C=O) groups excluding carboxylic acids is 1. The molecule has 0 saturated carbocycles. The Labute approximate surface area is 183 Å². The minimum absolute atomic E-state index is 0.00736. The highest BCUT2D eigenvalue weighted by Crippen LogP contribution is 2.37. The number of ether oxygens (including phenoxy) is 1. The largest absolute Gasteiger partial charge is 0.494 e. The SMILES string of the molecule is COC(=O)C1=Nc2ccccc2C1=Cc1c(O)n(-c2c(C)cc(C)cc2C)c(=O)[nH]c1=O. The van der Waals surface area contributed by atoms with E-state index in [0.29, 0.717) is 22.5 Å². The molecule has 0 bridgehead atoms. The number of H-pyrrole nitrogens is 1. The standard InChI is InChI=1S/C24H21N3O5/c1-12-9-13(2)20(14(3)10-12)27-22(29)17(21(28)26-24(27)31)11-16-15-7-5-6-8-18(15)25-19(16)23(30)32-4/h5-11,29H,1-4H3,(H,26,28,31). The number of aliphatic imine (C=N–C) groups is 1. The van der Waals surface area contributed by atoms with Crippen molar-refractivity contribution in [2.24, 2.45) is 4.99 Å². The molecule has 2 heterocycles. The lowest BCUT2D eigenvalue weighted by Crippen LogP contribution is -2.31. The highest BCUT2D eigenvalue weighted by Gasteiger charge is 2.28. The molecule has 0 radical (unpaired) electrons. The quantitative estimate of drug-likeness (QED) is 0.619. The molecular formula is C24H21N3O5. The Bertz CT molecular complexity index is 1430. The highest BCUT2D eigenvalue weighted by molar-refractivity contribution is 6.58. The van der Waals surface area contributed by atoms with Gasteiger partial charge in [0.15, 0.2) is 5.71 Å². The van der Waals surface area contributed by atoms with E-state index in [9.17, 15) is 19.5 Å². The number of nitrogens with zero attached hydrogens (tertiary/aromatic N) is 2.